The molecule has 2 heterocycles. The Bertz CT molecular complexity index is 796. The van der Waals surface area contributed by atoms with Crippen molar-refractivity contribution in [2.24, 2.45) is 11.7 Å². The number of nitrogens with one attached hydrogen (secondary N) is 1. The van der Waals surface area contributed by atoms with E-state index in [0.717, 1.165) is 25.7 Å². The Morgan fingerprint density at radius 3 is 2.92 bits per heavy atom. The lowest BCUT2D eigenvalue weighted by Gasteiger charge is -2.26. The summed E-state index contributed by atoms with van der Waals surface area (Å²) >= 11 is 5.92. The van der Waals surface area contributed by atoms with Crippen molar-refractivity contribution in [3.8, 4) is 6.07 Å². The van der Waals surface area contributed by atoms with Gasteiger partial charge in [-0.15, -0.1) is 0 Å². The number of anilines is 2. The Labute approximate surface area is 144 Å². The number of carbonyl (C=O) groups excluding carboxylic acids is 1. The highest BCUT2D eigenvalue weighted by Gasteiger charge is 2.28. The number of hydrogen-bond acceptors (Lipinski definition) is 5. The third-order valence-corrected chi connectivity index (χ3v) is 4.41. The summed E-state index contributed by atoms with van der Waals surface area (Å²) in [4.78, 5) is 15.7. The molecule has 0 aliphatic heterocycles. The summed E-state index contributed by atoms with van der Waals surface area (Å²) in [7, 11) is 0. The largest absolute Gasteiger partial charge is 0.365 e. The van der Waals surface area contributed by atoms with Gasteiger partial charge < -0.3 is 11.1 Å². The van der Waals surface area contributed by atoms with Crippen LogP contribution in [0.15, 0.2) is 24.7 Å². The highest BCUT2D eigenvalue weighted by Crippen LogP contribution is 2.34. The number of primary amides is 1. The molecule has 1 aliphatic rings. The van der Waals surface area contributed by atoms with Crippen LogP contribution >= 0.6 is 11.6 Å². The van der Waals surface area contributed by atoms with Gasteiger partial charge in [0.25, 0.3) is 5.91 Å². The van der Waals surface area contributed by atoms with Gasteiger partial charge in [-0.2, -0.15) is 10.4 Å². The van der Waals surface area contributed by atoms with Crippen molar-refractivity contribution in [3.05, 3.63) is 35.2 Å². The van der Waals surface area contributed by atoms with Gasteiger partial charge in [0, 0.05) is 12.4 Å². The van der Waals surface area contributed by atoms with Gasteiger partial charge in [0.05, 0.1) is 34.9 Å². The molecule has 1 saturated carbocycles. The Kier molecular flexibility index (Phi) is 4.67. The Morgan fingerprint density at radius 2 is 2.21 bits per heavy atom. The summed E-state index contributed by atoms with van der Waals surface area (Å²) in [5, 5.41) is 17.3. The quantitative estimate of drug-likeness (QED) is 0.885. The molecule has 0 aromatic carbocycles. The maximum Gasteiger partial charge on any atom is 0.254 e. The van der Waals surface area contributed by atoms with Crippen LogP contribution in [0.1, 0.15) is 42.1 Å². The highest BCUT2D eigenvalue weighted by molar-refractivity contribution is 6.30. The van der Waals surface area contributed by atoms with Crippen molar-refractivity contribution >= 4 is 29.0 Å². The maximum atomic E-state index is 11.7. The minimum absolute atomic E-state index is 0.0464. The van der Waals surface area contributed by atoms with Crippen LogP contribution in [0, 0.1) is 17.2 Å². The second-order valence-corrected chi connectivity index (χ2v) is 6.28. The minimum Gasteiger partial charge on any atom is -0.365 e. The van der Waals surface area contributed by atoms with Crippen molar-refractivity contribution < 1.29 is 4.79 Å². The van der Waals surface area contributed by atoms with Gasteiger partial charge in [-0.1, -0.05) is 24.4 Å². The van der Waals surface area contributed by atoms with Gasteiger partial charge in [0.2, 0.25) is 0 Å². The van der Waals surface area contributed by atoms with Crippen LogP contribution in [0.3, 0.4) is 0 Å². The van der Waals surface area contributed by atoms with Crippen molar-refractivity contribution in [2.75, 3.05) is 5.32 Å². The minimum atomic E-state index is -0.581. The summed E-state index contributed by atoms with van der Waals surface area (Å²) in [5.41, 5.74) is 6.35. The van der Waals surface area contributed by atoms with Gasteiger partial charge in [-0.25, -0.2) is 0 Å². The molecule has 8 heteroatoms. The number of pyridine rings is 1. The molecule has 1 aliphatic carbocycles. The molecular formula is C16H17ClN6O. The highest BCUT2D eigenvalue weighted by atomic mass is 35.5. The molecule has 7 nitrogen and oxygen atoms in total. The van der Waals surface area contributed by atoms with Crippen molar-refractivity contribution in [3.63, 3.8) is 0 Å². The number of nitrogens with zero attached hydrogens (tertiary/aromatic N) is 4. The van der Waals surface area contributed by atoms with Gasteiger partial charge in [0.1, 0.15) is 5.56 Å². The van der Waals surface area contributed by atoms with E-state index >= 15 is 0 Å². The molecule has 2 aromatic heterocycles. The summed E-state index contributed by atoms with van der Waals surface area (Å²) < 4.78 is 1.69. The molecule has 2 unspecified atom stereocenters. The predicted molar refractivity (Wildman–Crippen MR) is 89.9 cm³/mol. The summed E-state index contributed by atoms with van der Waals surface area (Å²) in [6.07, 6.45) is 8.48. The molecule has 0 saturated heterocycles. The molecule has 3 rings (SSSR count). The van der Waals surface area contributed by atoms with Crippen LogP contribution in [-0.4, -0.2) is 20.7 Å². The molecule has 3 N–H and O–H groups in total. The van der Waals surface area contributed by atoms with Crippen molar-refractivity contribution in [2.45, 2.75) is 31.7 Å². The average Bonchev–Trinajstić information content (AvgIpc) is 2.98. The SMILES string of the molecule is N#CC1CCCCC1n1cc(C(N)=O)c(Nc2cncc(Cl)c2)n1. The van der Waals surface area contributed by atoms with Crippen LogP contribution < -0.4 is 11.1 Å². The zero-order chi connectivity index (χ0) is 17.1. The molecule has 1 fully saturated rings. The Balaban J connectivity index is 1.93. The first-order valence-electron chi connectivity index (χ1n) is 7.74. The first-order valence-corrected chi connectivity index (χ1v) is 8.12. The molecule has 1 amide bonds. The average molecular weight is 345 g/mol. The Morgan fingerprint density at radius 1 is 1.42 bits per heavy atom. The van der Waals surface area contributed by atoms with E-state index in [1.54, 1.807) is 23.1 Å². The van der Waals surface area contributed by atoms with Crippen LogP contribution in [0.25, 0.3) is 0 Å². The molecule has 124 valence electrons. The van der Waals surface area contributed by atoms with E-state index in [4.69, 9.17) is 17.3 Å². The van der Waals surface area contributed by atoms with Crippen molar-refractivity contribution in [1.82, 2.24) is 14.8 Å². The molecule has 0 spiro atoms. The number of amides is 1. The lowest BCUT2D eigenvalue weighted by Crippen LogP contribution is -2.22. The van der Waals surface area contributed by atoms with Crippen LogP contribution in [0.5, 0.6) is 0 Å². The standard InChI is InChI=1S/C16H17ClN6O/c17-11-5-12(8-20-7-11)21-16-13(15(19)24)9-23(22-16)14-4-2-1-3-10(14)6-18/h5,7-10,14H,1-4H2,(H2,19,24)(H,21,22). The number of nitriles is 1. The zero-order valence-electron chi connectivity index (χ0n) is 12.9. The first kappa shape index (κ1) is 16.3. The fraction of sp³-hybridized carbons (Fsp3) is 0.375. The van der Waals surface area contributed by atoms with E-state index in [2.05, 4.69) is 21.5 Å². The molecule has 0 bridgehead atoms. The third kappa shape index (κ3) is 3.34. The molecule has 2 aromatic rings. The van der Waals surface area contributed by atoms with Crippen LogP contribution in [0.4, 0.5) is 11.5 Å². The fourth-order valence-electron chi connectivity index (χ4n) is 3.03. The lowest BCUT2D eigenvalue weighted by atomic mass is 9.85. The fourth-order valence-corrected chi connectivity index (χ4v) is 3.20. The topological polar surface area (TPSA) is 110 Å². The first-order chi connectivity index (χ1) is 11.6. The van der Waals surface area contributed by atoms with E-state index in [0.29, 0.717) is 16.5 Å². The Hall–Kier alpha value is -2.59. The van der Waals surface area contributed by atoms with Crippen molar-refractivity contribution in [1.29, 1.82) is 5.26 Å². The van der Waals surface area contributed by atoms with Gasteiger partial charge in [-0.05, 0) is 18.9 Å². The van der Waals surface area contributed by atoms with Gasteiger partial charge >= 0.3 is 0 Å². The molecule has 2 atom stereocenters. The predicted octanol–water partition coefficient (Wildman–Crippen LogP) is 3.03. The number of aromatic nitrogens is 3. The van der Waals surface area contributed by atoms with E-state index in [1.807, 2.05) is 0 Å². The summed E-state index contributed by atoms with van der Waals surface area (Å²) in [6, 6.07) is 3.97. The summed E-state index contributed by atoms with van der Waals surface area (Å²) in [5.74, 6) is -0.350. The molecular weight excluding hydrogens is 328 g/mol. The third-order valence-electron chi connectivity index (χ3n) is 4.20. The second kappa shape index (κ2) is 6.89. The maximum absolute atomic E-state index is 11.7. The number of halogens is 1. The number of hydrogen-bond donors (Lipinski definition) is 2. The monoisotopic (exact) mass is 344 g/mol. The number of carbonyl (C=O) groups is 1. The van der Waals surface area contributed by atoms with Crippen LogP contribution in [-0.2, 0) is 0 Å². The van der Waals surface area contributed by atoms with E-state index in [1.165, 1.54) is 6.20 Å². The van der Waals surface area contributed by atoms with Crippen LogP contribution in [0.2, 0.25) is 5.02 Å². The number of rotatable bonds is 4. The van der Waals surface area contributed by atoms with E-state index in [-0.39, 0.29) is 17.5 Å². The van der Waals surface area contributed by atoms with E-state index in [9.17, 15) is 10.1 Å². The zero-order valence-corrected chi connectivity index (χ0v) is 13.7. The number of nitrogens with two attached hydrogens (primary N) is 1. The van der Waals surface area contributed by atoms with E-state index < -0.39 is 5.91 Å². The lowest BCUT2D eigenvalue weighted by molar-refractivity contribution is 0.100. The summed E-state index contributed by atoms with van der Waals surface area (Å²) in [6.45, 7) is 0. The van der Waals surface area contributed by atoms with Gasteiger partial charge in [0.15, 0.2) is 5.82 Å². The normalized spacial score (nSPS) is 20.3. The second-order valence-electron chi connectivity index (χ2n) is 5.84. The smallest absolute Gasteiger partial charge is 0.254 e. The van der Waals surface area contributed by atoms with Gasteiger partial charge in [-0.3, -0.25) is 14.5 Å². The molecule has 0 radical (unpaired) electrons. The molecule has 24 heavy (non-hydrogen) atoms.